The molecule has 0 saturated heterocycles. The highest BCUT2D eigenvalue weighted by molar-refractivity contribution is 5.75. The molecule has 1 aromatic carbocycles. The number of fused-ring (bicyclic) bond motifs is 1. The molecule has 86 valence electrons. The lowest BCUT2D eigenvalue weighted by Gasteiger charge is -2.00. The standard InChI is InChI=1S/C11H7F2N3O/c12-8-3-10-11(4-9(8)13)16(6-14-10)5-7-1-2-15-17-7/h1-4,6H,5H2. The zero-order valence-electron chi connectivity index (χ0n) is 8.60. The van der Waals surface area contributed by atoms with Gasteiger partial charge in [0.25, 0.3) is 0 Å². The molecule has 17 heavy (non-hydrogen) atoms. The molecule has 0 N–H and O–H groups in total. The van der Waals surface area contributed by atoms with Gasteiger partial charge in [-0.25, -0.2) is 13.8 Å². The van der Waals surface area contributed by atoms with Crippen molar-refractivity contribution < 1.29 is 13.3 Å². The summed E-state index contributed by atoms with van der Waals surface area (Å²) in [5, 5.41) is 3.57. The van der Waals surface area contributed by atoms with Gasteiger partial charge in [0.1, 0.15) is 0 Å². The molecule has 2 heterocycles. The van der Waals surface area contributed by atoms with Crippen molar-refractivity contribution >= 4 is 11.0 Å². The molecule has 0 amide bonds. The van der Waals surface area contributed by atoms with E-state index in [1.165, 1.54) is 12.5 Å². The normalized spacial score (nSPS) is 11.2. The lowest BCUT2D eigenvalue weighted by atomic mass is 10.3. The second kappa shape index (κ2) is 3.65. The first-order chi connectivity index (χ1) is 8.24. The average Bonchev–Trinajstić information content (AvgIpc) is 2.92. The van der Waals surface area contributed by atoms with Gasteiger partial charge in [0.2, 0.25) is 0 Å². The molecule has 0 bridgehead atoms. The maximum absolute atomic E-state index is 13.1. The molecule has 0 unspecified atom stereocenters. The van der Waals surface area contributed by atoms with E-state index >= 15 is 0 Å². The molecule has 0 saturated carbocycles. The van der Waals surface area contributed by atoms with Gasteiger partial charge in [-0.2, -0.15) is 0 Å². The number of nitrogens with zero attached hydrogens (tertiary/aromatic N) is 3. The van der Waals surface area contributed by atoms with Crippen LogP contribution in [0.25, 0.3) is 11.0 Å². The summed E-state index contributed by atoms with van der Waals surface area (Å²) in [6, 6.07) is 3.89. The maximum Gasteiger partial charge on any atom is 0.161 e. The third-order valence-corrected chi connectivity index (χ3v) is 2.48. The zero-order valence-corrected chi connectivity index (χ0v) is 8.60. The molecule has 0 aliphatic rings. The first-order valence-corrected chi connectivity index (χ1v) is 4.93. The SMILES string of the molecule is Fc1cc2ncn(Cc3ccno3)c2cc1F. The van der Waals surface area contributed by atoms with Gasteiger partial charge in [-0.3, -0.25) is 0 Å². The molecule has 2 aromatic heterocycles. The monoisotopic (exact) mass is 235 g/mol. The van der Waals surface area contributed by atoms with Gasteiger partial charge in [0, 0.05) is 18.2 Å². The van der Waals surface area contributed by atoms with Crippen LogP contribution in [0.5, 0.6) is 0 Å². The van der Waals surface area contributed by atoms with Crippen molar-refractivity contribution in [2.75, 3.05) is 0 Å². The summed E-state index contributed by atoms with van der Waals surface area (Å²) in [7, 11) is 0. The summed E-state index contributed by atoms with van der Waals surface area (Å²) in [5.41, 5.74) is 0.920. The predicted molar refractivity (Wildman–Crippen MR) is 55.3 cm³/mol. The Labute approximate surface area is 94.5 Å². The van der Waals surface area contributed by atoms with Crippen molar-refractivity contribution in [3.05, 3.63) is 48.1 Å². The van der Waals surface area contributed by atoms with Gasteiger partial charge in [-0.1, -0.05) is 5.16 Å². The first-order valence-electron chi connectivity index (χ1n) is 4.93. The van der Waals surface area contributed by atoms with Crippen LogP contribution in [0.2, 0.25) is 0 Å². The Morgan fingerprint density at radius 3 is 2.82 bits per heavy atom. The van der Waals surface area contributed by atoms with Crippen LogP contribution in [-0.4, -0.2) is 14.7 Å². The van der Waals surface area contributed by atoms with Crippen molar-refractivity contribution in [3.8, 4) is 0 Å². The van der Waals surface area contributed by atoms with Gasteiger partial charge >= 0.3 is 0 Å². The van der Waals surface area contributed by atoms with Crippen LogP contribution in [0.15, 0.2) is 35.2 Å². The van der Waals surface area contributed by atoms with Gasteiger partial charge < -0.3 is 9.09 Å². The Hall–Kier alpha value is -2.24. The molecule has 0 spiro atoms. The van der Waals surface area contributed by atoms with Crippen LogP contribution >= 0.6 is 0 Å². The predicted octanol–water partition coefficient (Wildman–Crippen LogP) is 2.35. The van der Waals surface area contributed by atoms with Gasteiger partial charge in [-0.05, 0) is 0 Å². The number of rotatable bonds is 2. The summed E-state index contributed by atoms with van der Waals surface area (Å²) >= 11 is 0. The number of imidazole rings is 1. The van der Waals surface area contributed by atoms with E-state index in [4.69, 9.17) is 4.52 Å². The lowest BCUT2D eigenvalue weighted by Crippen LogP contribution is -1.97. The summed E-state index contributed by atoms with van der Waals surface area (Å²) in [6.45, 7) is 0.377. The molecule has 0 aliphatic heterocycles. The molecule has 4 nitrogen and oxygen atoms in total. The first kappa shape index (κ1) is 9.95. The van der Waals surface area contributed by atoms with Crippen LogP contribution in [0, 0.1) is 11.6 Å². The van der Waals surface area contributed by atoms with Crippen LogP contribution in [-0.2, 0) is 6.54 Å². The van der Waals surface area contributed by atoms with E-state index in [1.54, 1.807) is 10.6 Å². The van der Waals surface area contributed by atoms with Gasteiger partial charge in [-0.15, -0.1) is 0 Å². The molecule has 6 heteroatoms. The Morgan fingerprint density at radius 1 is 1.24 bits per heavy atom. The fourth-order valence-electron chi connectivity index (χ4n) is 1.67. The lowest BCUT2D eigenvalue weighted by molar-refractivity contribution is 0.377. The smallest absolute Gasteiger partial charge is 0.161 e. The number of aromatic nitrogens is 3. The zero-order chi connectivity index (χ0) is 11.8. The largest absolute Gasteiger partial charge is 0.359 e. The fraction of sp³-hybridized carbons (Fsp3) is 0.0909. The Morgan fingerprint density at radius 2 is 2.06 bits per heavy atom. The van der Waals surface area contributed by atoms with E-state index < -0.39 is 11.6 Å². The third-order valence-electron chi connectivity index (χ3n) is 2.48. The molecule has 0 fully saturated rings. The highest BCUT2D eigenvalue weighted by Gasteiger charge is 2.10. The van der Waals surface area contributed by atoms with Crippen LogP contribution in [0.1, 0.15) is 5.76 Å². The maximum atomic E-state index is 13.1. The molecular formula is C11H7F2N3O. The number of benzene rings is 1. The average molecular weight is 235 g/mol. The van der Waals surface area contributed by atoms with Crippen molar-refractivity contribution in [1.82, 2.24) is 14.7 Å². The minimum absolute atomic E-state index is 0.377. The Bertz CT molecular complexity index is 661. The van der Waals surface area contributed by atoms with Crippen molar-refractivity contribution in [1.29, 1.82) is 0 Å². The highest BCUT2D eigenvalue weighted by Crippen LogP contribution is 2.18. The molecule has 0 radical (unpaired) electrons. The van der Waals surface area contributed by atoms with E-state index in [0.29, 0.717) is 23.3 Å². The van der Waals surface area contributed by atoms with Crippen LogP contribution < -0.4 is 0 Å². The molecule has 0 aliphatic carbocycles. The quantitative estimate of drug-likeness (QED) is 0.684. The minimum atomic E-state index is -0.901. The van der Waals surface area contributed by atoms with Crippen molar-refractivity contribution in [2.45, 2.75) is 6.54 Å². The second-order valence-electron chi connectivity index (χ2n) is 3.61. The summed E-state index contributed by atoms with van der Waals surface area (Å²) in [4.78, 5) is 4.00. The Balaban J connectivity index is 2.08. The van der Waals surface area contributed by atoms with Crippen LogP contribution in [0.4, 0.5) is 8.78 Å². The number of halogens is 2. The van der Waals surface area contributed by atoms with E-state index in [2.05, 4.69) is 10.1 Å². The highest BCUT2D eigenvalue weighted by atomic mass is 19.2. The number of hydrogen-bond donors (Lipinski definition) is 0. The minimum Gasteiger partial charge on any atom is -0.359 e. The summed E-state index contributed by atoms with van der Waals surface area (Å²) in [5.74, 6) is -1.17. The van der Waals surface area contributed by atoms with Gasteiger partial charge in [0.05, 0.1) is 30.1 Å². The molecule has 3 rings (SSSR count). The van der Waals surface area contributed by atoms with E-state index in [0.717, 1.165) is 12.1 Å². The molecular weight excluding hydrogens is 228 g/mol. The topological polar surface area (TPSA) is 43.9 Å². The van der Waals surface area contributed by atoms with Crippen LogP contribution in [0.3, 0.4) is 0 Å². The number of hydrogen-bond acceptors (Lipinski definition) is 3. The fourth-order valence-corrected chi connectivity index (χ4v) is 1.67. The summed E-state index contributed by atoms with van der Waals surface area (Å²) in [6.07, 6.45) is 3.03. The third kappa shape index (κ3) is 1.67. The summed E-state index contributed by atoms with van der Waals surface area (Å²) < 4.78 is 32.7. The second-order valence-corrected chi connectivity index (χ2v) is 3.61. The molecule has 0 atom stereocenters. The van der Waals surface area contributed by atoms with E-state index in [1.807, 2.05) is 0 Å². The van der Waals surface area contributed by atoms with Crippen molar-refractivity contribution in [2.24, 2.45) is 0 Å². The molecule has 3 aromatic rings. The van der Waals surface area contributed by atoms with E-state index in [9.17, 15) is 8.78 Å². The van der Waals surface area contributed by atoms with E-state index in [-0.39, 0.29) is 0 Å². The van der Waals surface area contributed by atoms with Gasteiger partial charge in [0.15, 0.2) is 17.4 Å². The van der Waals surface area contributed by atoms with Crippen molar-refractivity contribution in [3.63, 3.8) is 0 Å². The Kier molecular flexibility index (Phi) is 2.14.